The Bertz CT molecular complexity index is 716. The van der Waals surface area contributed by atoms with Crippen molar-refractivity contribution in [2.75, 3.05) is 5.75 Å². The summed E-state index contributed by atoms with van der Waals surface area (Å²) in [4.78, 5) is 23.9. The van der Waals surface area contributed by atoms with Crippen LogP contribution >= 0.6 is 34.7 Å². The van der Waals surface area contributed by atoms with E-state index in [1.807, 2.05) is 0 Å². The van der Waals surface area contributed by atoms with E-state index in [1.54, 1.807) is 12.1 Å². The van der Waals surface area contributed by atoms with E-state index >= 15 is 0 Å². The molecule has 1 fully saturated rings. The fourth-order valence-electron chi connectivity index (χ4n) is 2.07. The molecule has 0 aliphatic carbocycles. The molecule has 20 heavy (non-hydrogen) atoms. The van der Waals surface area contributed by atoms with Crippen LogP contribution in [0.25, 0.3) is 10.1 Å². The van der Waals surface area contributed by atoms with Crippen LogP contribution in [-0.2, 0) is 4.79 Å². The van der Waals surface area contributed by atoms with Gasteiger partial charge in [-0.05, 0) is 18.6 Å². The molecule has 104 valence electrons. The third-order valence-corrected chi connectivity index (χ3v) is 5.71. The van der Waals surface area contributed by atoms with Gasteiger partial charge in [0, 0.05) is 15.8 Å². The van der Waals surface area contributed by atoms with Crippen molar-refractivity contribution in [3.63, 3.8) is 0 Å². The lowest BCUT2D eigenvalue weighted by Crippen LogP contribution is -2.36. The molecule has 1 aliphatic heterocycles. The number of fused-ring (bicyclic) bond motifs is 1. The predicted molar refractivity (Wildman–Crippen MR) is 80.1 cm³/mol. The molecule has 1 atom stereocenters. The van der Waals surface area contributed by atoms with Crippen molar-refractivity contribution < 1.29 is 14.0 Å². The van der Waals surface area contributed by atoms with Gasteiger partial charge in [0.2, 0.25) is 5.12 Å². The number of halogens is 2. The van der Waals surface area contributed by atoms with Gasteiger partial charge in [-0.15, -0.1) is 11.3 Å². The Kier molecular flexibility index (Phi) is 3.70. The smallest absolute Gasteiger partial charge is 0.263 e. The van der Waals surface area contributed by atoms with Crippen LogP contribution in [0.3, 0.4) is 0 Å². The summed E-state index contributed by atoms with van der Waals surface area (Å²) in [5, 5.41) is 2.99. The normalized spacial score (nSPS) is 18.7. The van der Waals surface area contributed by atoms with Gasteiger partial charge in [-0.25, -0.2) is 4.39 Å². The largest absolute Gasteiger partial charge is 0.341 e. The Morgan fingerprint density at radius 3 is 2.90 bits per heavy atom. The molecule has 2 aromatic rings. The Balaban J connectivity index is 1.94. The van der Waals surface area contributed by atoms with Crippen molar-refractivity contribution in [1.29, 1.82) is 0 Å². The van der Waals surface area contributed by atoms with Crippen LogP contribution in [0.2, 0.25) is 5.02 Å². The van der Waals surface area contributed by atoms with Gasteiger partial charge in [-0.1, -0.05) is 29.4 Å². The molecule has 0 bridgehead atoms. The highest BCUT2D eigenvalue weighted by atomic mass is 35.5. The number of hydrogen-bond acceptors (Lipinski definition) is 4. The molecule has 1 amide bonds. The second kappa shape index (κ2) is 5.35. The topological polar surface area (TPSA) is 46.2 Å². The summed E-state index contributed by atoms with van der Waals surface area (Å²) in [5.74, 6) is -0.162. The van der Waals surface area contributed by atoms with Gasteiger partial charge in [-0.2, -0.15) is 0 Å². The lowest BCUT2D eigenvalue weighted by Gasteiger charge is -2.08. The van der Waals surface area contributed by atoms with Crippen LogP contribution < -0.4 is 5.32 Å². The number of rotatable bonds is 2. The quantitative estimate of drug-likeness (QED) is 0.917. The molecular formula is C13H9ClFNO2S2. The summed E-state index contributed by atoms with van der Waals surface area (Å²) in [6, 6.07) is 4.12. The van der Waals surface area contributed by atoms with Gasteiger partial charge in [0.1, 0.15) is 10.7 Å². The number of amides is 1. The lowest BCUT2D eigenvalue weighted by atomic mass is 10.2. The van der Waals surface area contributed by atoms with Crippen molar-refractivity contribution in [2.24, 2.45) is 0 Å². The van der Waals surface area contributed by atoms with Crippen molar-refractivity contribution in [1.82, 2.24) is 5.32 Å². The predicted octanol–water partition coefficient (Wildman–Crippen LogP) is 3.46. The van der Waals surface area contributed by atoms with Gasteiger partial charge in [-0.3, -0.25) is 9.59 Å². The van der Waals surface area contributed by atoms with Crippen molar-refractivity contribution >= 4 is 55.8 Å². The maximum Gasteiger partial charge on any atom is 0.263 e. The van der Waals surface area contributed by atoms with E-state index < -0.39 is 17.8 Å². The molecule has 1 aromatic carbocycles. The van der Waals surface area contributed by atoms with E-state index in [0.717, 1.165) is 11.3 Å². The highest BCUT2D eigenvalue weighted by Gasteiger charge is 2.29. The molecule has 7 heteroatoms. The van der Waals surface area contributed by atoms with Gasteiger partial charge in [0.05, 0.1) is 11.1 Å². The van der Waals surface area contributed by atoms with E-state index in [1.165, 1.54) is 17.8 Å². The summed E-state index contributed by atoms with van der Waals surface area (Å²) in [5.41, 5.74) is 0. The van der Waals surface area contributed by atoms with Gasteiger partial charge >= 0.3 is 0 Å². The molecule has 3 rings (SSSR count). The molecule has 0 unspecified atom stereocenters. The minimum atomic E-state index is -0.473. The molecule has 1 aromatic heterocycles. The average molecular weight is 330 g/mol. The van der Waals surface area contributed by atoms with Crippen LogP contribution in [0.15, 0.2) is 18.2 Å². The Labute approximate surface area is 127 Å². The molecule has 2 heterocycles. The standard InChI is InChI=1S/C13H9ClFNO2S2/c14-10-9-6(15)2-1-3-8(9)20-11(10)12(17)16-7-4-5-19-13(7)18/h1-3,7H,4-5H2,(H,16,17)/t7-/m0/s1. The van der Waals surface area contributed by atoms with Crippen LogP contribution in [0.5, 0.6) is 0 Å². The van der Waals surface area contributed by atoms with Gasteiger partial charge < -0.3 is 5.32 Å². The fourth-order valence-corrected chi connectivity index (χ4v) is 4.46. The van der Waals surface area contributed by atoms with Gasteiger partial charge in [0.25, 0.3) is 5.91 Å². The zero-order valence-corrected chi connectivity index (χ0v) is 12.5. The van der Waals surface area contributed by atoms with E-state index in [0.29, 0.717) is 16.9 Å². The number of carbonyl (C=O) groups excluding carboxylic acids is 2. The van der Waals surface area contributed by atoms with Crippen molar-refractivity contribution in [3.05, 3.63) is 33.9 Å². The molecule has 1 aliphatic rings. The minimum absolute atomic E-state index is 0.0400. The molecule has 0 radical (unpaired) electrons. The average Bonchev–Trinajstić information content (AvgIpc) is 2.95. The summed E-state index contributed by atoms with van der Waals surface area (Å²) >= 11 is 8.44. The highest BCUT2D eigenvalue weighted by molar-refractivity contribution is 8.14. The Morgan fingerprint density at radius 2 is 2.25 bits per heavy atom. The maximum atomic E-state index is 13.7. The maximum absolute atomic E-state index is 13.7. The summed E-state index contributed by atoms with van der Waals surface area (Å²) < 4.78 is 14.3. The first-order chi connectivity index (χ1) is 9.58. The van der Waals surface area contributed by atoms with Crippen molar-refractivity contribution in [3.8, 4) is 0 Å². The Hall–Kier alpha value is -1.11. The number of carbonyl (C=O) groups is 2. The molecular weight excluding hydrogens is 321 g/mol. The fraction of sp³-hybridized carbons (Fsp3) is 0.231. The van der Waals surface area contributed by atoms with Crippen LogP contribution in [-0.4, -0.2) is 22.8 Å². The van der Waals surface area contributed by atoms with E-state index in [4.69, 9.17) is 11.6 Å². The zero-order valence-electron chi connectivity index (χ0n) is 10.1. The van der Waals surface area contributed by atoms with Crippen LogP contribution in [0.4, 0.5) is 4.39 Å². The van der Waals surface area contributed by atoms with E-state index in [9.17, 15) is 14.0 Å². The second-order valence-corrected chi connectivity index (χ2v) is 6.87. The molecule has 1 N–H and O–H groups in total. The highest BCUT2D eigenvalue weighted by Crippen LogP contribution is 2.37. The summed E-state index contributed by atoms with van der Waals surface area (Å²) in [7, 11) is 0. The monoisotopic (exact) mass is 329 g/mol. The SMILES string of the molecule is O=C(N[C@H]1CCSC1=O)c1sc2cccc(F)c2c1Cl. The second-order valence-electron chi connectivity index (χ2n) is 4.34. The summed E-state index contributed by atoms with van der Waals surface area (Å²) in [6.45, 7) is 0. The molecule has 0 spiro atoms. The van der Waals surface area contributed by atoms with Crippen LogP contribution in [0, 0.1) is 5.82 Å². The molecule has 1 saturated heterocycles. The summed E-state index contributed by atoms with van der Waals surface area (Å²) in [6.07, 6.45) is 0.617. The van der Waals surface area contributed by atoms with E-state index in [-0.39, 0.29) is 20.4 Å². The number of benzene rings is 1. The van der Waals surface area contributed by atoms with Gasteiger partial charge in [0.15, 0.2) is 0 Å². The number of thioether (sulfide) groups is 1. The Morgan fingerprint density at radius 1 is 1.45 bits per heavy atom. The number of nitrogens with one attached hydrogen (secondary N) is 1. The number of hydrogen-bond donors (Lipinski definition) is 1. The minimum Gasteiger partial charge on any atom is -0.341 e. The number of thiophene rings is 1. The third kappa shape index (κ3) is 2.32. The molecule has 3 nitrogen and oxygen atoms in total. The van der Waals surface area contributed by atoms with Crippen molar-refractivity contribution in [2.45, 2.75) is 12.5 Å². The van der Waals surface area contributed by atoms with Crippen LogP contribution in [0.1, 0.15) is 16.1 Å². The zero-order chi connectivity index (χ0) is 14.3. The lowest BCUT2D eigenvalue weighted by molar-refractivity contribution is -0.112. The third-order valence-electron chi connectivity index (χ3n) is 3.05. The first-order valence-corrected chi connectivity index (χ1v) is 8.10. The first-order valence-electron chi connectivity index (χ1n) is 5.92. The van der Waals surface area contributed by atoms with E-state index in [2.05, 4.69) is 5.32 Å². The first kappa shape index (κ1) is 13.9. The molecule has 0 saturated carbocycles.